The van der Waals surface area contributed by atoms with E-state index < -0.39 is 5.82 Å². The van der Waals surface area contributed by atoms with Crippen LogP contribution in [0.2, 0.25) is 5.02 Å². The van der Waals surface area contributed by atoms with Crippen molar-refractivity contribution >= 4 is 34.7 Å². The third-order valence-electron chi connectivity index (χ3n) is 8.51. The van der Waals surface area contributed by atoms with Gasteiger partial charge in [-0.05, 0) is 91.4 Å². The molecule has 2 aliphatic rings. The van der Waals surface area contributed by atoms with Crippen LogP contribution in [0.4, 0.5) is 4.39 Å². The maximum Gasteiger partial charge on any atom is 0.271 e. The van der Waals surface area contributed by atoms with Gasteiger partial charge in [-0.25, -0.2) is 9.38 Å². The van der Waals surface area contributed by atoms with E-state index in [4.69, 9.17) is 26.1 Å². The zero-order chi connectivity index (χ0) is 30.7. The molecule has 6 nitrogen and oxygen atoms in total. The first-order valence-electron chi connectivity index (χ1n) is 14.3. The van der Waals surface area contributed by atoms with Gasteiger partial charge in [0.1, 0.15) is 5.82 Å². The monoisotopic (exact) mass is 625 g/mol. The Labute approximate surface area is 262 Å². The van der Waals surface area contributed by atoms with E-state index in [1.165, 1.54) is 23.0 Å². The number of aromatic nitrogens is 2. The SMILES string of the molecule is COc1ccc([C@@H]2C3=C(N=c4s/c(=C\c5cc(C)n(-c6ccc(F)c(Cl)c6)c5C)c(=O)n42)c2ccccc2CC3)cc1OC. The highest BCUT2D eigenvalue weighted by Crippen LogP contribution is 2.42. The standard InChI is InChI=1S/C35H29ClFN3O3S/c1-19-15-23(20(2)39(19)24-11-13-28(37)27(36)18-24)17-31-34(41)40-33(22-10-14-29(42-3)30(16-22)43-4)26-12-9-21-7-5-6-8-25(21)32(26)38-35(40)44-31/h5-8,10-11,13-18,33H,9,12H2,1-4H3/b31-17-/t33-/m1/s1. The molecule has 0 fully saturated rings. The van der Waals surface area contributed by atoms with Gasteiger partial charge in [-0.2, -0.15) is 0 Å². The summed E-state index contributed by atoms with van der Waals surface area (Å²) in [5, 5.41) is 0.0607. The number of methoxy groups -OCH3 is 2. The van der Waals surface area contributed by atoms with Crippen molar-refractivity contribution in [3.05, 3.63) is 136 Å². The molecule has 3 aromatic carbocycles. The molecule has 0 saturated carbocycles. The van der Waals surface area contributed by atoms with Gasteiger partial charge in [0, 0.05) is 22.6 Å². The fraction of sp³-hybridized carbons (Fsp3) is 0.200. The zero-order valence-electron chi connectivity index (χ0n) is 24.7. The smallest absolute Gasteiger partial charge is 0.271 e. The first-order valence-corrected chi connectivity index (χ1v) is 15.5. The number of thiazole rings is 1. The van der Waals surface area contributed by atoms with Crippen LogP contribution in [-0.4, -0.2) is 23.4 Å². The summed E-state index contributed by atoms with van der Waals surface area (Å²) < 4.78 is 29.5. The number of rotatable bonds is 5. The molecular formula is C35H29ClFN3O3S. The molecule has 222 valence electrons. The summed E-state index contributed by atoms with van der Waals surface area (Å²) in [5.74, 6) is 0.772. The average molecular weight is 626 g/mol. The molecule has 2 aromatic heterocycles. The van der Waals surface area contributed by atoms with Gasteiger partial charge in [-0.1, -0.05) is 53.3 Å². The lowest BCUT2D eigenvalue weighted by Crippen LogP contribution is -2.38. The van der Waals surface area contributed by atoms with Gasteiger partial charge < -0.3 is 14.0 Å². The third kappa shape index (κ3) is 4.52. The molecule has 1 aliphatic carbocycles. The normalized spacial score (nSPS) is 15.9. The molecule has 7 rings (SSSR count). The van der Waals surface area contributed by atoms with Crippen molar-refractivity contribution in [2.24, 2.45) is 4.99 Å². The maximum absolute atomic E-state index is 14.3. The van der Waals surface area contributed by atoms with Crippen LogP contribution in [0.15, 0.2) is 82.1 Å². The van der Waals surface area contributed by atoms with E-state index in [1.807, 2.05) is 59.4 Å². The number of nitrogens with zero attached hydrogens (tertiary/aromatic N) is 3. The average Bonchev–Trinajstić information content (AvgIpc) is 3.50. The molecule has 1 atom stereocenters. The Morgan fingerprint density at radius 1 is 1.00 bits per heavy atom. The van der Waals surface area contributed by atoms with E-state index in [0.29, 0.717) is 20.8 Å². The molecule has 0 N–H and O–H groups in total. The van der Waals surface area contributed by atoms with E-state index in [1.54, 1.807) is 26.4 Å². The predicted octanol–water partition coefficient (Wildman–Crippen LogP) is 6.54. The molecular weight excluding hydrogens is 597 g/mol. The summed E-state index contributed by atoms with van der Waals surface area (Å²) in [7, 11) is 3.23. The highest BCUT2D eigenvalue weighted by atomic mass is 35.5. The zero-order valence-corrected chi connectivity index (χ0v) is 26.2. The quantitative estimate of drug-likeness (QED) is 0.223. The molecule has 0 saturated heterocycles. The first-order chi connectivity index (χ1) is 21.3. The van der Waals surface area contributed by atoms with Crippen LogP contribution in [0.25, 0.3) is 17.5 Å². The second-order valence-electron chi connectivity index (χ2n) is 11.0. The highest BCUT2D eigenvalue weighted by Gasteiger charge is 2.33. The second-order valence-corrected chi connectivity index (χ2v) is 12.4. The number of hydrogen-bond acceptors (Lipinski definition) is 5. The van der Waals surface area contributed by atoms with Gasteiger partial charge in [-0.3, -0.25) is 9.36 Å². The summed E-state index contributed by atoms with van der Waals surface area (Å²) in [6, 6.07) is 20.6. The molecule has 3 heterocycles. The van der Waals surface area contributed by atoms with Crippen molar-refractivity contribution < 1.29 is 13.9 Å². The molecule has 1 aliphatic heterocycles. The summed E-state index contributed by atoms with van der Waals surface area (Å²) in [6.07, 6.45) is 3.59. The van der Waals surface area contributed by atoms with E-state index >= 15 is 0 Å². The summed E-state index contributed by atoms with van der Waals surface area (Å²) in [4.78, 5) is 20.1. The van der Waals surface area contributed by atoms with Crippen LogP contribution in [0.5, 0.6) is 11.5 Å². The van der Waals surface area contributed by atoms with Crippen molar-refractivity contribution in [1.29, 1.82) is 0 Å². The molecule has 0 unspecified atom stereocenters. The number of benzene rings is 3. The molecule has 0 amide bonds. The number of ether oxygens (including phenoxy) is 2. The van der Waals surface area contributed by atoms with Crippen molar-refractivity contribution in [3.8, 4) is 17.2 Å². The molecule has 0 spiro atoms. The minimum Gasteiger partial charge on any atom is -0.493 e. The topological polar surface area (TPSA) is 57.8 Å². The number of allylic oxidation sites excluding steroid dienone is 1. The molecule has 9 heteroatoms. The maximum atomic E-state index is 14.3. The fourth-order valence-electron chi connectivity index (χ4n) is 6.44. The van der Waals surface area contributed by atoms with E-state index in [9.17, 15) is 9.18 Å². The Morgan fingerprint density at radius 3 is 2.57 bits per heavy atom. The minimum absolute atomic E-state index is 0.0607. The van der Waals surface area contributed by atoms with E-state index in [0.717, 1.165) is 57.9 Å². The van der Waals surface area contributed by atoms with Crippen LogP contribution < -0.4 is 24.4 Å². The second kappa shape index (κ2) is 10.9. The first kappa shape index (κ1) is 28.4. The molecule has 0 radical (unpaired) electrons. The van der Waals surface area contributed by atoms with Gasteiger partial charge in [0.05, 0.1) is 35.5 Å². The number of aryl methyl sites for hydroxylation is 2. The Bertz CT molecular complexity index is 2190. The Balaban J connectivity index is 1.43. The van der Waals surface area contributed by atoms with Crippen LogP contribution in [0.3, 0.4) is 0 Å². The van der Waals surface area contributed by atoms with Gasteiger partial charge in [0.2, 0.25) is 0 Å². The number of halogens is 2. The molecule has 44 heavy (non-hydrogen) atoms. The van der Waals surface area contributed by atoms with Gasteiger partial charge in [-0.15, -0.1) is 0 Å². The number of fused-ring (bicyclic) bond motifs is 3. The predicted molar refractivity (Wildman–Crippen MR) is 173 cm³/mol. The summed E-state index contributed by atoms with van der Waals surface area (Å²) >= 11 is 7.48. The third-order valence-corrected chi connectivity index (χ3v) is 9.79. The Morgan fingerprint density at radius 2 is 1.80 bits per heavy atom. The lowest BCUT2D eigenvalue weighted by atomic mass is 9.83. The van der Waals surface area contributed by atoms with Crippen molar-refractivity contribution in [3.63, 3.8) is 0 Å². The lowest BCUT2D eigenvalue weighted by Gasteiger charge is -2.31. The van der Waals surface area contributed by atoms with Crippen LogP contribution in [-0.2, 0) is 6.42 Å². The largest absolute Gasteiger partial charge is 0.493 e. The summed E-state index contributed by atoms with van der Waals surface area (Å²) in [6.45, 7) is 3.96. The fourth-order valence-corrected chi connectivity index (χ4v) is 7.61. The Hall–Kier alpha value is -4.40. The van der Waals surface area contributed by atoms with Gasteiger partial charge >= 0.3 is 0 Å². The minimum atomic E-state index is -0.464. The van der Waals surface area contributed by atoms with Crippen molar-refractivity contribution in [2.75, 3.05) is 14.2 Å². The highest BCUT2D eigenvalue weighted by molar-refractivity contribution is 7.07. The van der Waals surface area contributed by atoms with Crippen LogP contribution in [0, 0.1) is 19.7 Å². The molecule has 0 bridgehead atoms. The van der Waals surface area contributed by atoms with Crippen molar-refractivity contribution in [1.82, 2.24) is 9.13 Å². The van der Waals surface area contributed by atoms with Gasteiger partial charge in [0.15, 0.2) is 16.3 Å². The van der Waals surface area contributed by atoms with Gasteiger partial charge in [0.25, 0.3) is 5.56 Å². The Kier molecular flexibility index (Phi) is 7.06. The molecule has 5 aromatic rings. The van der Waals surface area contributed by atoms with Crippen LogP contribution >= 0.6 is 22.9 Å². The lowest BCUT2D eigenvalue weighted by molar-refractivity contribution is 0.354. The number of hydrogen-bond donors (Lipinski definition) is 0. The van der Waals surface area contributed by atoms with E-state index in [2.05, 4.69) is 18.2 Å². The van der Waals surface area contributed by atoms with E-state index in [-0.39, 0.29) is 16.6 Å². The summed E-state index contributed by atoms with van der Waals surface area (Å²) in [5.41, 5.74) is 8.76. The van der Waals surface area contributed by atoms with Crippen LogP contribution in [0.1, 0.15) is 46.1 Å². The van der Waals surface area contributed by atoms with Crippen molar-refractivity contribution in [2.45, 2.75) is 32.7 Å².